The van der Waals surface area contributed by atoms with E-state index in [1.807, 2.05) is 0 Å². The monoisotopic (exact) mass is 408 g/mol. The molecule has 2 aromatic carbocycles. The van der Waals surface area contributed by atoms with Crippen LogP contribution in [-0.4, -0.2) is 11.0 Å². The molecule has 0 aliphatic heterocycles. The van der Waals surface area contributed by atoms with Crippen LogP contribution in [0, 0.1) is 5.41 Å². The third kappa shape index (κ3) is 5.41. The molecule has 1 unspecified atom stereocenters. The maximum absolute atomic E-state index is 2.50. The van der Waals surface area contributed by atoms with Crippen LogP contribution in [0.3, 0.4) is 0 Å². The summed E-state index contributed by atoms with van der Waals surface area (Å²) in [4.78, 5) is 1.28. The van der Waals surface area contributed by atoms with Crippen LogP contribution in [0.1, 0.15) is 37.3 Å². The summed E-state index contributed by atoms with van der Waals surface area (Å²) in [5, 5.41) is 0. The summed E-state index contributed by atoms with van der Waals surface area (Å²) in [5.41, 5.74) is 3.27. The first-order valence-corrected chi connectivity index (χ1v) is 10.4. The molecule has 0 fully saturated rings. The van der Waals surface area contributed by atoms with E-state index in [1.165, 1.54) is 28.6 Å². The van der Waals surface area contributed by atoms with Gasteiger partial charge in [-0.25, -0.2) is 0 Å². The molecule has 2 rings (SSSR count). The fourth-order valence-electron chi connectivity index (χ4n) is 2.81. The number of hydrogen-bond donors (Lipinski definition) is 0. The molecular formula is C18H23BIP. The fraction of sp³-hybridized carbons (Fsp3) is 0.333. The van der Waals surface area contributed by atoms with E-state index in [4.69, 9.17) is 0 Å². The van der Waals surface area contributed by atoms with Crippen LogP contribution in [-0.2, 0) is 0 Å². The van der Waals surface area contributed by atoms with Gasteiger partial charge in [-0.2, -0.15) is 0 Å². The van der Waals surface area contributed by atoms with Crippen LogP contribution in [0.4, 0.5) is 0 Å². The van der Waals surface area contributed by atoms with E-state index in [9.17, 15) is 0 Å². The van der Waals surface area contributed by atoms with Crippen molar-refractivity contribution in [3.63, 3.8) is 0 Å². The van der Waals surface area contributed by atoms with Gasteiger partial charge >= 0.3 is 0 Å². The van der Waals surface area contributed by atoms with Gasteiger partial charge in [0.25, 0.3) is 0 Å². The van der Waals surface area contributed by atoms with Crippen molar-refractivity contribution in [1.82, 2.24) is 0 Å². The zero-order chi connectivity index (χ0) is 15.1. The maximum Gasteiger partial charge on any atom is 0.225 e. The minimum atomic E-state index is 0.389. The smallest absolute Gasteiger partial charge is 0.148 e. The molecule has 0 N–H and O–H groups in total. The van der Waals surface area contributed by atoms with Crippen molar-refractivity contribution >= 4 is 35.7 Å². The lowest BCUT2D eigenvalue weighted by Gasteiger charge is -2.30. The third-order valence-corrected chi connectivity index (χ3v) is 6.87. The van der Waals surface area contributed by atoms with E-state index >= 15 is 0 Å². The molecule has 0 nitrogen and oxygen atoms in total. The second-order valence-electron chi connectivity index (χ2n) is 6.30. The number of halogens is 1. The van der Waals surface area contributed by atoms with Crippen LogP contribution in [0.15, 0.2) is 60.7 Å². The molecule has 0 spiro atoms. The quantitative estimate of drug-likeness (QED) is 0.317. The number of hydrogen-bond acceptors (Lipinski definition) is 0. The lowest BCUT2D eigenvalue weighted by molar-refractivity contribution is 0.365. The Balaban J connectivity index is 2.25. The normalized spacial score (nSPS) is 12.2. The molecule has 110 valence electrons. The van der Waals surface area contributed by atoms with E-state index in [0.717, 1.165) is 8.46 Å². The molecule has 2 aromatic rings. The van der Waals surface area contributed by atoms with Crippen LogP contribution in [0.5, 0.6) is 0 Å². The third-order valence-electron chi connectivity index (χ3n) is 3.86. The first kappa shape index (κ1) is 17.0. The van der Waals surface area contributed by atoms with Crippen molar-refractivity contribution in [2.75, 3.05) is 6.16 Å². The molecular weight excluding hydrogens is 385 g/mol. The highest BCUT2D eigenvalue weighted by atomic mass is 127. The van der Waals surface area contributed by atoms with E-state index < -0.39 is 0 Å². The highest BCUT2D eigenvalue weighted by Crippen LogP contribution is 2.39. The molecule has 3 heteroatoms. The maximum atomic E-state index is 2.50. The molecule has 1 atom stereocenters. The van der Waals surface area contributed by atoms with Crippen LogP contribution in [0.25, 0.3) is 0 Å². The van der Waals surface area contributed by atoms with Gasteiger partial charge in [0.1, 0.15) is 0 Å². The SMILES string of the molecule is CC(C)(CPBI)CC(c1ccccc1)c1ccccc1. The van der Waals surface area contributed by atoms with Gasteiger partial charge in [-0.05, 0) is 29.1 Å². The summed E-state index contributed by atoms with van der Waals surface area (Å²) in [6.07, 6.45) is 2.54. The van der Waals surface area contributed by atoms with Gasteiger partial charge in [0.05, 0.1) is 0 Å². The molecule has 0 heterocycles. The highest BCUT2D eigenvalue weighted by molar-refractivity contribution is 14.1. The lowest BCUT2D eigenvalue weighted by Crippen LogP contribution is -2.19. The lowest BCUT2D eigenvalue weighted by atomic mass is 9.78. The van der Waals surface area contributed by atoms with E-state index in [0.29, 0.717) is 11.3 Å². The second kappa shape index (κ2) is 8.34. The Morgan fingerprint density at radius 2 is 1.43 bits per heavy atom. The first-order chi connectivity index (χ1) is 10.1. The van der Waals surface area contributed by atoms with Crippen molar-refractivity contribution in [3.8, 4) is 0 Å². The van der Waals surface area contributed by atoms with Crippen LogP contribution >= 0.6 is 30.8 Å². The van der Waals surface area contributed by atoms with Crippen molar-refractivity contribution in [2.24, 2.45) is 5.41 Å². The zero-order valence-corrected chi connectivity index (χ0v) is 16.0. The predicted molar refractivity (Wildman–Crippen MR) is 107 cm³/mol. The highest BCUT2D eigenvalue weighted by Gasteiger charge is 2.25. The van der Waals surface area contributed by atoms with Crippen molar-refractivity contribution in [2.45, 2.75) is 26.2 Å². The van der Waals surface area contributed by atoms with E-state index in [1.54, 1.807) is 0 Å². The van der Waals surface area contributed by atoms with Gasteiger partial charge in [-0.15, -0.1) is 30.8 Å². The number of benzene rings is 2. The van der Waals surface area contributed by atoms with Gasteiger partial charge in [0, 0.05) is 5.92 Å². The van der Waals surface area contributed by atoms with Gasteiger partial charge in [-0.3, -0.25) is 0 Å². The first-order valence-electron chi connectivity index (χ1n) is 7.49. The van der Waals surface area contributed by atoms with Gasteiger partial charge < -0.3 is 0 Å². The summed E-state index contributed by atoms with van der Waals surface area (Å²) in [7, 11) is 1.07. The Labute approximate surface area is 145 Å². The molecule has 0 radical (unpaired) electrons. The van der Waals surface area contributed by atoms with Crippen molar-refractivity contribution < 1.29 is 0 Å². The average Bonchev–Trinajstić information content (AvgIpc) is 2.52. The Kier molecular flexibility index (Phi) is 6.76. The summed E-state index contributed by atoms with van der Waals surface area (Å²) in [6.45, 7) is 4.84. The van der Waals surface area contributed by atoms with Crippen molar-refractivity contribution in [1.29, 1.82) is 0 Å². The Bertz CT molecular complexity index is 488. The summed E-state index contributed by atoms with van der Waals surface area (Å²) < 4.78 is 0. The molecule has 0 aliphatic rings. The van der Waals surface area contributed by atoms with Gasteiger partial charge in [-0.1, -0.05) is 74.5 Å². The summed E-state index contributed by atoms with van der Waals surface area (Å²) in [5.74, 6) is 0.501. The molecule has 0 aromatic heterocycles. The Morgan fingerprint density at radius 1 is 0.952 bits per heavy atom. The van der Waals surface area contributed by atoms with Crippen molar-refractivity contribution in [3.05, 3.63) is 71.8 Å². The van der Waals surface area contributed by atoms with Gasteiger partial charge in [0.2, 0.25) is 4.86 Å². The molecule has 0 aliphatic carbocycles. The van der Waals surface area contributed by atoms with E-state index in [2.05, 4.69) is 96.9 Å². The summed E-state index contributed by atoms with van der Waals surface area (Å²) in [6, 6.07) is 21.9. The second-order valence-corrected chi connectivity index (χ2v) is 9.71. The Morgan fingerprint density at radius 3 is 1.86 bits per heavy atom. The molecule has 0 bridgehead atoms. The Hall–Kier alpha value is -0.335. The minimum Gasteiger partial charge on any atom is -0.148 e. The molecule has 0 saturated heterocycles. The zero-order valence-electron chi connectivity index (χ0n) is 12.9. The number of rotatable bonds is 7. The van der Waals surface area contributed by atoms with Crippen LogP contribution < -0.4 is 0 Å². The molecule has 0 saturated carbocycles. The standard InChI is InChI=1S/C18H23BIP/c1-18(2,14-21-19-20)13-17(15-9-5-3-6-10-15)16-11-7-4-8-12-16/h3-12,17,19,21H,13-14H2,1-2H3. The van der Waals surface area contributed by atoms with E-state index in [-0.39, 0.29) is 0 Å². The van der Waals surface area contributed by atoms with Gasteiger partial charge in [0.15, 0.2) is 0 Å². The average molecular weight is 408 g/mol. The van der Waals surface area contributed by atoms with Crippen LogP contribution in [0.2, 0.25) is 0 Å². The minimum absolute atomic E-state index is 0.389. The topological polar surface area (TPSA) is 0 Å². The summed E-state index contributed by atoms with van der Waals surface area (Å²) >= 11 is 2.50. The largest absolute Gasteiger partial charge is 0.225 e. The fourth-order valence-corrected chi connectivity index (χ4v) is 4.53. The molecule has 0 amide bonds. The molecule has 21 heavy (non-hydrogen) atoms. The predicted octanol–water partition coefficient (Wildman–Crippen LogP) is 5.61.